The van der Waals surface area contributed by atoms with Gasteiger partial charge in [-0.15, -0.1) is 0 Å². The largest absolute Gasteiger partial charge is 0.321 e. The van der Waals surface area contributed by atoms with Gasteiger partial charge in [-0.05, 0) is 46.3 Å². The maximum atomic E-state index is 13.7. The molecule has 0 saturated heterocycles. The van der Waals surface area contributed by atoms with Crippen molar-refractivity contribution in [2.24, 2.45) is 0 Å². The van der Waals surface area contributed by atoms with Crippen LogP contribution < -0.4 is 5.32 Å². The smallest absolute Gasteiger partial charge is 0.258 e. The molecule has 0 fully saturated rings. The van der Waals surface area contributed by atoms with Crippen molar-refractivity contribution in [2.75, 3.05) is 5.32 Å². The topological polar surface area (TPSA) is 29.1 Å². The van der Waals surface area contributed by atoms with Crippen LogP contribution in [0, 0.1) is 11.6 Å². The van der Waals surface area contributed by atoms with Gasteiger partial charge in [-0.25, -0.2) is 8.78 Å². The molecule has 0 bridgehead atoms. The van der Waals surface area contributed by atoms with Crippen LogP contribution in [-0.2, 0) is 0 Å². The highest BCUT2D eigenvalue weighted by molar-refractivity contribution is 9.10. The lowest BCUT2D eigenvalue weighted by Gasteiger charge is -2.08. The molecule has 1 amide bonds. The molecule has 98 valence electrons. The van der Waals surface area contributed by atoms with E-state index in [-0.39, 0.29) is 10.6 Å². The average molecular weight is 347 g/mol. The third kappa shape index (κ3) is 3.11. The van der Waals surface area contributed by atoms with Crippen molar-refractivity contribution in [3.63, 3.8) is 0 Å². The molecule has 0 aromatic heterocycles. The summed E-state index contributed by atoms with van der Waals surface area (Å²) in [6, 6.07) is 7.90. The van der Waals surface area contributed by atoms with Crippen molar-refractivity contribution in [3.8, 4) is 0 Å². The van der Waals surface area contributed by atoms with Crippen molar-refractivity contribution in [3.05, 3.63) is 63.1 Å². The van der Waals surface area contributed by atoms with Crippen LogP contribution in [0.4, 0.5) is 14.5 Å². The van der Waals surface area contributed by atoms with Gasteiger partial charge in [0.05, 0.1) is 16.3 Å². The van der Waals surface area contributed by atoms with Crippen molar-refractivity contribution in [2.45, 2.75) is 0 Å². The normalized spacial score (nSPS) is 10.3. The Morgan fingerprint density at radius 2 is 1.95 bits per heavy atom. The Morgan fingerprint density at radius 3 is 2.63 bits per heavy atom. The highest BCUT2D eigenvalue weighted by atomic mass is 79.9. The van der Waals surface area contributed by atoms with E-state index in [1.165, 1.54) is 36.4 Å². The van der Waals surface area contributed by atoms with E-state index in [2.05, 4.69) is 21.2 Å². The summed E-state index contributed by atoms with van der Waals surface area (Å²) in [6.07, 6.45) is 0. The summed E-state index contributed by atoms with van der Waals surface area (Å²) in [6.45, 7) is 0. The molecule has 2 aromatic carbocycles. The summed E-state index contributed by atoms with van der Waals surface area (Å²) in [5.41, 5.74) is 0.162. The van der Waals surface area contributed by atoms with Gasteiger partial charge in [-0.2, -0.15) is 0 Å². The lowest BCUT2D eigenvalue weighted by molar-refractivity contribution is 0.102. The van der Waals surface area contributed by atoms with Gasteiger partial charge in [0, 0.05) is 4.47 Å². The molecule has 2 rings (SSSR count). The number of hydrogen-bond donors (Lipinski definition) is 1. The summed E-state index contributed by atoms with van der Waals surface area (Å²) in [4.78, 5) is 11.9. The predicted molar refractivity (Wildman–Crippen MR) is 73.5 cm³/mol. The fraction of sp³-hybridized carbons (Fsp3) is 0. The molecular formula is C13H7BrClF2NO. The molecule has 0 unspecified atom stereocenters. The van der Waals surface area contributed by atoms with Crippen LogP contribution in [0.2, 0.25) is 5.02 Å². The molecule has 0 heterocycles. The van der Waals surface area contributed by atoms with Crippen LogP contribution in [0.5, 0.6) is 0 Å². The molecule has 19 heavy (non-hydrogen) atoms. The fourth-order valence-electron chi connectivity index (χ4n) is 1.46. The Labute approximate surface area is 121 Å². The van der Waals surface area contributed by atoms with Gasteiger partial charge in [0.2, 0.25) is 0 Å². The first-order valence-corrected chi connectivity index (χ1v) is 6.36. The average Bonchev–Trinajstić information content (AvgIpc) is 2.36. The molecule has 6 heteroatoms. The first-order chi connectivity index (χ1) is 8.99. The van der Waals surface area contributed by atoms with E-state index in [1.54, 1.807) is 0 Å². The van der Waals surface area contributed by atoms with E-state index < -0.39 is 17.5 Å². The van der Waals surface area contributed by atoms with Gasteiger partial charge in [0.15, 0.2) is 5.82 Å². The standard InChI is InChI=1S/C13H7BrClF2NO/c14-9-6-7(16)4-5-11(9)18-13(19)8-2-1-3-10(15)12(8)17/h1-6H,(H,18,19). The summed E-state index contributed by atoms with van der Waals surface area (Å²) in [5.74, 6) is -1.90. The number of rotatable bonds is 2. The fourth-order valence-corrected chi connectivity index (χ4v) is 2.08. The van der Waals surface area contributed by atoms with Crippen molar-refractivity contribution >= 4 is 39.1 Å². The molecule has 0 aliphatic rings. The molecule has 2 nitrogen and oxygen atoms in total. The Balaban J connectivity index is 2.28. The van der Waals surface area contributed by atoms with E-state index in [9.17, 15) is 13.6 Å². The van der Waals surface area contributed by atoms with Gasteiger partial charge in [0.25, 0.3) is 5.91 Å². The van der Waals surface area contributed by atoms with E-state index in [0.29, 0.717) is 10.2 Å². The molecule has 0 atom stereocenters. The Bertz CT molecular complexity index is 649. The highest BCUT2D eigenvalue weighted by Crippen LogP contribution is 2.25. The van der Waals surface area contributed by atoms with Gasteiger partial charge >= 0.3 is 0 Å². The first kappa shape index (κ1) is 14.0. The number of benzene rings is 2. The SMILES string of the molecule is O=C(Nc1ccc(F)cc1Br)c1cccc(Cl)c1F. The van der Waals surface area contributed by atoms with E-state index in [4.69, 9.17) is 11.6 Å². The van der Waals surface area contributed by atoms with Gasteiger partial charge in [-0.3, -0.25) is 4.79 Å². The Kier molecular flexibility index (Phi) is 4.17. The summed E-state index contributed by atoms with van der Waals surface area (Å²) in [7, 11) is 0. The van der Waals surface area contributed by atoms with Crippen LogP contribution in [0.25, 0.3) is 0 Å². The van der Waals surface area contributed by atoms with E-state index in [0.717, 1.165) is 0 Å². The zero-order valence-electron chi connectivity index (χ0n) is 9.38. The lowest BCUT2D eigenvalue weighted by Crippen LogP contribution is -2.14. The Morgan fingerprint density at radius 1 is 1.21 bits per heavy atom. The van der Waals surface area contributed by atoms with Crippen LogP contribution in [0.15, 0.2) is 40.9 Å². The molecule has 0 aliphatic carbocycles. The predicted octanol–water partition coefficient (Wildman–Crippen LogP) is 4.63. The molecular weight excluding hydrogens is 340 g/mol. The monoisotopic (exact) mass is 345 g/mol. The third-order valence-corrected chi connectivity index (χ3v) is 3.32. The highest BCUT2D eigenvalue weighted by Gasteiger charge is 2.15. The quantitative estimate of drug-likeness (QED) is 0.844. The molecule has 2 aromatic rings. The summed E-state index contributed by atoms with van der Waals surface area (Å²) >= 11 is 8.71. The van der Waals surface area contributed by atoms with E-state index in [1.807, 2.05) is 0 Å². The lowest BCUT2D eigenvalue weighted by atomic mass is 10.2. The van der Waals surface area contributed by atoms with Gasteiger partial charge < -0.3 is 5.32 Å². The summed E-state index contributed by atoms with van der Waals surface area (Å²) < 4.78 is 26.9. The number of hydrogen-bond acceptors (Lipinski definition) is 1. The van der Waals surface area contributed by atoms with Crippen LogP contribution >= 0.6 is 27.5 Å². The maximum absolute atomic E-state index is 13.7. The number of carbonyl (C=O) groups excluding carboxylic acids is 1. The first-order valence-electron chi connectivity index (χ1n) is 5.19. The summed E-state index contributed by atoms with van der Waals surface area (Å²) in [5, 5.41) is 2.34. The second-order valence-corrected chi connectivity index (χ2v) is 4.94. The third-order valence-electron chi connectivity index (χ3n) is 2.38. The second-order valence-electron chi connectivity index (χ2n) is 3.68. The van der Waals surface area contributed by atoms with Crippen molar-refractivity contribution in [1.82, 2.24) is 0 Å². The van der Waals surface area contributed by atoms with E-state index >= 15 is 0 Å². The number of halogens is 4. The van der Waals surface area contributed by atoms with Crippen LogP contribution in [0.1, 0.15) is 10.4 Å². The Hall–Kier alpha value is -1.46. The zero-order chi connectivity index (χ0) is 14.0. The zero-order valence-corrected chi connectivity index (χ0v) is 11.7. The minimum Gasteiger partial charge on any atom is -0.321 e. The minimum atomic E-state index is -0.792. The molecule has 0 aliphatic heterocycles. The van der Waals surface area contributed by atoms with Crippen LogP contribution in [0.3, 0.4) is 0 Å². The number of carbonyl (C=O) groups is 1. The second kappa shape index (κ2) is 5.67. The molecule has 1 N–H and O–H groups in total. The number of anilines is 1. The van der Waals surface area contributed by atoms with Crippen LogP contribution in [-0.4, -0.2) is 5.91 Å². The minimum absolute atomic E-state index is 0.133. The van der Waals surface area contributed by atoms with Gasteiger partial charge in [-0.1, -0.05) is 17.7 Å². The van der Waals surface area contributed by atoms with Crippen molar-refractivity contribution in [1.29, 1.82) is 0 Å². The maximum Gasteiger partial charge on any atom is 0.258 e. The van der Waals surface area contributed by atoms with Crippen molar-refractivity contribution < 1.29 is 13.6 Å². The van der Waals surface area contributed by atoms with Gasteiger partial charge in [0.1, 0.15) is 5.82 Å². The number of amides is 1. The molecule has 0 saturated carbocycles. The number of nitrogens with one attached hydrogen (secondary N) is 1. The molecule has 0 spiro atoms. The molecule has 0 radical (unpaired) electrons.